The lowest BCUT2D eigenvalue weighted by atomic mass is 10.1. The first kappa shape index (κ1) is 21.5. The molecule has 0 radical (unpaired) electrons. The molecule has 2 heterocycles. The van der Waals surface area contributed by atoms with Crippen LogP contribution in [0.25, 0.3) is 0 Å². The monoisotopic (exact) mass is 424 g/mol. The molecule has 3 N–H and O–H groups in total. The lowest BCUT2D eigenvalue weighted by Crippen LogP contribution is -3.12. The summed E-state index contributed by atoms with van der Waals surface area (Å²) in [6, 6.07) is 14.7. The number of benzene rings is 2. The molecule has 2 saturated heterocycles. The van der Waals surface area contributed by atoms with Gasteiger partial charge >= 0.3 is 0 Å². The van der Waals surface area contributed by atoms with E-state index < -0.39 is 0 Å². The number of rotatable bonds is 7. The quantitative estimate of drug-likeness (QED) is 0.625. The Kier molecular flexibility index (Phi) is 7.30. The summed E-state index contributed by atoms with van der Waals surface area (Å²) >= 11 is 0. The van der Waals surface area contributed by atoms with Gasteiger partial charge in [-0.15, -0.1) is 0 Å². The second kappa shape index (κ2) is 10.5. The summed E-state index contributed by atoms with van der Waals surface area (Å²) in [4.78, 5) is 26.9. The summed E-state index contributed by atoms with van der Waals surface area (Å²) in [5.41, 5.74) is 2.71. The van der Waals surface area contributed by atoms with E-state index in [1.54, 1.807) is 24.3 Å². The number of para-hydroxylation sites is 1. The average Bonchev–Trinajstić information content (AvgIpc) is 3.33. The molecule has 0 spiro atoms. The van der Waals surface area contributed by atoms with Crippen molar-refractivity contribution < 1.29 is 24.0 Å². The second-order valence-corrected chi connectivity index (χ2v) is 8.08. The van der Waals surface area contributed by atoms with Crippen LogP contribution < -0.4 is 15.5 Å². The van der Waals surface area contributed by atoms with Crippen LogP contribution >= 0.6 is 0 Å². The van der Waals surface area contributed by atoms with E-state index >= 15 is 0 Å². The fourth-order valence-corrected chi connectivity index (χ4v) is 3.99. The van der Waals surface area contributed by atoms with Gasteiger partial charge in [-0.25, -0.2) is 0 Å². The summed E-state index contributed by atoms with van der Waals surface area (Å²) in [6.07, 6.45) is 2.06. The summed E-state index contributed by atoms with van der Waals surface area (Å²) < 4.78 is 11.0. The van der Waals surface area contributed by atoms with Crippen molar-refractivity contribution in [1.29, 1.82) is 0 Å². The van der Waals surface area contributed by atoms with Gasteiger partial charge in [-0.2, -0.15) is 0 Å². The fourth-order valence-electron chi connectivity index (χ4n) is 3.99. The summed E-state index contributed by atoms with van der Waals surface area (Å²) in [5, 5.41) is 5.80. The molecule has 2 aliphatic heterocycles. The predicted octanol–water partition coefficient (Wildman–Crippen LogP) is 1.26. The van der Waals surface area contributed by atoms with Crippen molar-refractivity contribution >= 4 is 17.5 Å². The molecule has 0 unspecified atom stereocenters. The van der Waals surface area contributed by atoms with Crippen LogP contribution in [0.1, 0.15) is 39.1 Å². The molecular weight excluding hydrogens is 394 g/mol. The Morgan fingerprint density at radius 1 is 0.968 bits per heavy atom. The van der Waals surface area contributed by atoms with E-state index in [4.69, 9.17) is 9.47 Å². The highest BCUT2D eigenvalue weighted by molar-refractivity contribution is 6.09. The normalized spacial score (nSPS) is 19.2. The minimum Gasteiger partial charge on any atom is -0.376 e. The van der Waals surface area contributed by atoms with Gasteiger partial charge in [0.1, 0.15) is 19.6 Å². The van der Waals surface area contributed by atoms with Crippen LogP contribution in [0.4, 0.5) is 5.69 Å². The topological polar surface area (TPSA) is 81.1 Å². The van der Waals surface area contributed by atoms with Crippen molar-refractivity contribution in [2.45, 2.75) is 25.5 Å². The van der Waals surface area contributed by atoms with Crippen LogP contribution in [0.15, 0.2) is 48.5 Å². The molecule has 2 amide bonds. The summed E-state index contributed by atoms with van der Waals surface area (Å²) in [5.74, 6) is -0.445. The molecule has 2 fully saturated rings. The molecule has 0 aromatic heterocycles. The van der Waals surface area contributed by atoms with Crippen molar-refractivity contribution in [3.8, 4) is 0 Å². The first-order valence-corrected chi connectivity index (χ1v) is 11.0. The van der Waals surface area contributed by atoms with E-state index in [-0.39, 0.29) is 17.9 Å². The van der Waals surface area contributed by atoms with E-state index in [0.29, 0.717) is 23.4 Å². The zero-order chi connectivity index (χ0) is 21.5. The Balaban J connectivity index is 1.36. The molecule has 31 heavy (non-hydrogen) atoms. The van der Waals surface area contributed by atoms with E-state index in [9.17, 15) is 9.59 Å². The molecule has 1 atom stereocenters. The fraction of sp³-hybridized carbons (Fsp3) is 0.417. The minimum absolute atomic E-state index is 0.0727. The third kappa shape index (κ3) is 5.91. The molecule has 0 aliphatic carbocycles. The highest BCUT2D eigenvalue weighted by Crippen LogP contribution is 2.17. The molecule has 164 valence electrons. The highest BCUT2D eigenvalue weighted by atomic mass is 16.5. The third-order valence-electron chi connectivity index (χ3n) is 5.80. The van der Waals surface area contributed by atoms with Gasteiger partial charge in [0, 0.05) is 24.3 Å². The first-order valence-electron chi connectivity index (χ1n) is 11.0. The number of hydrogen-bond acceptors (Lipinski definition) is 4. The lowest BCUT2D eigenvalue weighted by molar-refractivity contribution is -0.921. The lowest BCUT2D eigenvalue weighted by Gasteiger charge is -2.23. The zero-order valence-electron chi connectivity index (χ0n) is 17.7. The predicted molar refractivity (Wildman–Crippen MR) is 117 cm³/mol. The number of amides is 2. The number of ether oxygens (including phenoxy) is 2. The first-order chi connectivity index (χ1) is 15.2. The Morgan fingerprint density at radius 3 is 2.48 bits per heavy atom. The second-order valence-electron chi connectivity index (χ2n) is 8.08. The highest BCUT2D eigenvalue weighted by Gasteiger charge is 2.19. The van der Waals surface area contributed by atoms with Crippen molar-refractivity contribution in [3.05, 3.63) is 65.2 Å². The van der Waals surface area contributed by atoms with Crippen molar-refractivity contribution in [1.82, 2.24) is 5.32 Å². The van der Waals surface area contributed by atoms with Crippen LogP contribution in [-0.4, -0.2) is 57.4 Å². The largest absolute Gasteiger partial charge is 0.376 e. The molecule has 0 saturated carbocycles. The Bertz CT molecular complexity index is 888. The third-order valence-corrected chi connectivity index (χ3v) is 5.80. The van der Waals surface area contributed by atoms with E-state index in [0.717, 1.165) is 52.3 Å². The number of morpholine rings is 1. The van der Waals surface area contributed by atoms with Gasteiger partial charge in [0.25, 0.3) is 11.8 Å². The van der Waals surface area contributed by atoms with Gasteiger partial charge in [0.15, 0.2) is 0 Å². The van der Waals surface area contributed by atoms with Crippen molar-refractivity contribution in [2.24, 2.45) is 0 Å². The van der Waals surface area contributed by atoms with Gasteiger partial charge in [-0.05, 0) is 37.1 Å². The van der Waals surface area contributed by atoms with Crippen LogP contribution in [0.5, 0.6) is 0 Å². The van der Waals surface area contributed by atoms with E-state index in [2.05, 4.69) is 10.6 Å². The maximum atomic E-state index is 12.8. The average molecular weight is 425 g/mol. The van der Waals surface area contributed by atoms with E-state index in [1.807, 2.05) is 24.3 Å². The molecule has 7 heteroatoms. The Labute approximate surface area is 182 Å². The van der Waals surface area contributed by atoms with Crippen LogP contribution in [0.3, 0.4) is 0 Å². The maximum Gasteiger partial charge on any atom is 0.255 e. The van der Waals surface area contributed by atoms with Crippen molar-refractivity contribution in [3.63, 3.8) is 0 Å². The van der Waals surface area contributed by atoms with Gasteiger partial charge in [0.2, 0.25) is 0 Å². The molecule has 2 aromatic rings. The number of nitrogens with one attached hydrogen (secondary N) is 3. The molecule has 0 bridgehead atoms. The molecule has 7 nitrogen and oxygen atoms in total. The van der Waals surface area contributed by atoms with Gasteiger partial charge in [-0.1, -0.05) is 24.3 Å². The van der Waals surface area contributed by atoms with Crippen LogP contribution in [0.2, 0.25) is 0 Å². The molecule has 2 aromatic carbocycles. The summed E-state index contributed by atoms with van der Waals surface area (Å²) in [7, 11) is 0. The van der Waals surface area contributed by atoms with Crippen LogP contribution in [-0.2, 0) is 16.0 Å². The molecule has 4 rings (SSSR count). The van der Waals surface area contributed by atoms with Crippen LogP contribution in [0, 0.1) is 0 Å². The maximum absolute atomic E-state index is 12.8. The Hall–Kier alpha value is -2.74. The molecule has 2 aliphatic rings. The van der Waals surface area contributed by atoms with E-state index in [1.165, 1.54) is 10.5 Å². The smallest absolute Gasteiger partial charge is 0.255 e. The standard InChI is InChI=1S/C24H29N3O4/c28-23(19-9-7-18(8-10-19)17-27-11-14-30-15-12-27)26-22-6-2-1-5-21(22)24(29)25-16-20-4-3-13-31-20/h1-2,5-10,20H,3-4,11-17H2,(H,25,29)(H,26,28)/p+1/t20-/m0/s1. The summed E-state index contributed by atoms with van der Waals surface area (Å²) in [6.45, 7) is 5.78. The number of hydrogen-bond donors (Lipinski definition) is 3. The minimum atomic E-state index is -0.232. The Morgan fingerprint density at radius 2 is 1.74 bits per heavy atom. The SMILES string of the molecule is O=C(Nc1ccccc1C(=O)NC[C@@H]1CCCO1)c1ccc(C[NH+]2CCOCC2)cc1. The van der Waals surface area contributed by atoms with Gasteiger partial charge in [0.05, 0.1) is 30.6 Å². The number of carbonyl (C=O) groups is 2. The zero-order valence-corrected chi connectivity index (χ0v) is 17.7. The van der Waals surface area contributed by atoms with Crippen molar-refractivity contribution in [2.75, 3.05) is 44.8 Å². The number of quaternary nitrogens is 1. The van der Waals surface area contributed by atoms with Gasteiger partial charge in [-0.3, -0.25) is 9.59 Å². The number of anilines is 1. The molecular formula is C24H30N3O4+. The number of carbonyl (C=O) groups excluding carboxylic acids is 2. The van der Waals surface area contributed by atoms with Gasteiger partial charge < -0.3 is 25.0 Å².